The number of halogens is 2. The SMILES string of the molecule is CCCNC(=O)N(Cc1c(CC)nn(-c2ccc(OC)cc2)c1Oc1ccc(F)cc1F)C(C)C. The quantitative estimate of drug-likeness (QED) is 0.391. The third-order valence-corrected chi connectivity index (χ3v) is 5.51. The first-order valence-corrected chi connectivity index (χ1v) is 11.7. The van der Waals surface area contributed by atoms with Crippen LogP contribution in [-0.4, -0.2) is 40.4 Å². The summed E-state index contributed by atoms with van der Waals surface area (Å²) in [6.07, 6.45) is 1.37. The molecule has 1 aromatic heterocycles. The Morgan fingerprint density at radius 2 is 1.86 bits per heavy atom. The van der Waals surface area contributed by atoms with Crippen LogP contribution in [0, 0.1) is 11.6 Å². The zero-order valence-corrected chi connectivity index (χ0v) is 20.8. The van der Waals surface area contributed by atoms with Crippen LogP contribution in [0.3, 0.4) is 0 Å². The van der Waals surface area contributed by atoms with Gasteiger partial charge in [0.25, 0.3) is 0 Å². The maximum absolute atomic E-state index is 14.6. The molecular weight excluding hydrogens is 454 g/mol. The van der Waals surface area contributed by atoms with E-state index in [1.165, 1.54) is 6.07 Å². The monoisotopic (exact) mass is 486 g/mol. The molecule has 0 bridgehead atoms. The first kappa shape index (κ1) is 26.0. The van der Waals surface area contributed by atoms with Crippen molar-refractivity contribution in [1.29, 1.82) is 0 Å². The average molecular weight is 487 g/mol. The summed E-state index contributed by atoms with van der Waals surface area (Å²) in [7, 11) is 1.58. The highest BCUT2D eigenvalue weighted by Crippen LogP contribution is 2.34. The fourth-order valence-corrected chi connectivity index (χ4v) is 3.58. The molecule has 0 aliphatic heterocycles. The van der Waals surface area contributed by atoms with Crippen molar-refractivity contribution in [1.82, 2.24) is 20.0 Å². The maximum Gasteiger partial charge on any atom is 0.317 e. The third kappa shape index (κ3) is 6.09. The molecule has 9 heteroatoms. The van der Waals surface area contributed by atoms with Gasteiger partial charge in [-0.2, -0.15) is 5.10 Å². The van der Waals surface area contributed by atoms with E-state index in [9.17, 15) is 13.6 Å². The second kappa shape index (κ2) is 11.7. The molecule has 0 aliphatic carbocycles. The van der Waals surface area contributed by atoms with Crippen LogP contribution in [0.5, 0.6) is 17.4 Å². The summed E-state index contributed by atoms with van der Waals surface area (Å²) in [4.78, 5) is 14.6. The van der Waals surface area contributed by atoms with E-state index in [1.807, 2.05) is 27.7 Å². The minimum absolute atomic E-state index is 0.115. The van der Waals surface area contributed by atoms with Gasteiger partial charge in [0.2, 0.25) is 5.88 Å². The van der Waals surface area contributed by atoms with E-state index >= 15 is 0 Å². The number of aromatic nitrogens is 2. The Labute approximate surface area is 204 Å². The van der Waals surface area contributed by atoms with Crippen LogP contribution in [-0.2, 0) is 13.0 Å². The number of aryl methyl sites for hydroxylation is 1. The van der Waals surface area contributed by atoms with Crippen molar-refractivity contribution in [2.45, 2.75) is 53.1 Å². The Balaban J connectivity index is 2.12. The average Bonchev–Trinajstić information content (AvgIpc) is 3.19. The maximum atomic E-state index is 14.6. The molecule has 35 heavy (non-hydrogen) atoms. The summed E-state index contributed by atoms with van der Waals surface area (Å²) in [5.41, 5.74) is 2.01. The number of amides is 2. The van der Waals surface area contributed by atoms with Gasteiger partial charge in [-0.1, -0.05) is 13.8 Å². The highest BCUT2D eigenvalue weighted by atomic mass is 19.1. The van der Waals surface area contributed by atoms with Crippen molar-refractivity contribution in [2.24, 2.45) is 0 Å². The smallest absolute Gasteiger partial charge is 0.317 e. The number of carbonyl (C=O) groups excluding carboxylic acids is 1. The summed E-state index contributed by atoms with van der Waals surface area (Å²) < 4.78 is 40.9. The number of urea groups is 1. The van der Waals surface area contributed by atoms with Crippen LogP contribution in [0.2, 0.25) is 0 Å². The lowest BCUT2D eigenvalue weighted by Gasteiger charge is -2.27. The third-order valence-electron chi connectivity index (χ3n) is 5.51. The van der Waals surface area contributed by atoms with E-state index in [0.29, 0.717) is 35.7 Å². The molecule has 3 aromatic rings. The molecule has 188 valence electrons. The highest BCUT2D eigenvalue weighted by molar-refractivity contribution is 5.74. The molecule has 0 spiro atoms. The van der Waals surface area contributed by atoms with Gasteiger partial charge in [0.15, 0.2) is 11.6 Å². The lowest BCUT2D eigenvalue weighted by Crippen LogP contribution is -2.43. The number of nitrogens with zero attached hydrogens (tertiary/aromatic N) is 3. The number of nitrogens with one attached hydrogen (secondary N) is 1. The standard InChI is InChI=1S/C26H32F2N4O3/c1-6-14-29-26(33)31(17(3)4)16-21-23(7-2)30-32(19-9-11-20(34-5)12-10-19)25(21)35-24-13-8-18(27)15-22(24)28/h8-13,15,17H,6-7,14,16H2,1-5H3,(H,29,33). The van der Waals surface area contributed by atoms with Gasteiger partial charge in [0, 0.05) is 18.7 Å². The van der Waals surface area contributed by atoms with Gasteiger partial charge >= 0.3 is 6.03 Å². The Hall–Kier alpha value is -3.62. The minimum atomic E-state index is -0.835. The summed E-state index contributed by atoms with van der Waals surface area (Å²) >= 11 is 0. The summed E-state index contributed by atoms with van der Waals surface area (Å²) in [5.74, 6) is -0.755. The molecule has 0 atom stereocenters. The fraction of sp³-hybridized carbons (Fsp3) is 0.385. The topological polar surface area (TPSA) is 68.6 Å². The predicted octanol–water partition coefficient (Wildman–Crippen LogP) is 5.84. The van der Waals surface area contributed by atoms with E-state index in [4.69, 9.17) is 14.6 Å². The first-order valence-electron chi connectivity index (χ1n) is 11.7. The first-order chi connectivity index (χ1) is 16.8. The number of methoxy groups -OCH3 is 1. The number of hydrogen-bond donors (Lipinski definition) is 1. The zero-order valence-electron chi connectivity index (χ0n) is 20.8. The Morgan fingerprint density at radius 3 is 2.43 bits per heavy atom. The lowest BCUT2D eigenvalue weighted by molar-refractivity contribution is 0.179. The molecule has 7 nitrogen and oxygen atoms in total. The molecule has 0 saturated carbocycles. The van der Waals surface area contributed by atoms with Crippen molar-refractivity contribution in [3.05, 3.63) is 65.4 Å². The van der Waals surface area contributed by atoms with Gasteiger partial charge < -0.3 is 19.7 Å². The Kier molecular flexibility index (Phi) is 8.68. The van der Waals surface area contributed by atoms with Gasteiger partial charge in [-0.25, -0.2) is 18.3 Å². The molecule has 2 aromatic carbocycles. The van der Waals surface area contributed by atoms with Gasteiger partial charge in [-0.15, -0.1) is 0 Å². The molecule has 1 heterocycles. The molecule has 0 fully saturated rings. The summed E-state index contributed by atoms with van der Waals surface area (Å²) in [5, 5.41) is 7.64. The van der Waals surface area contributed by atoms with Gasteiger partial charge in [-0.05, 0) is 63.1 Å². The van der Waals surface area contributed by atoms with Gasteiger partial charge in [0.1, 0.15) is 11.6 Å². The van der Waals surface area contributed by atoms with Crippen LogP contribution in [0.1, 0.15) is 45.4 Å². The minimum Gasteiger partial charge on any atom is -0.497 e. The van der Waals surface area contributed by atoms with E-state index in [1.54, 1.807) is 41.0 Å². The second-order valence-electron chi connectivity index (χ2n) is 8.32. The lowest BCUT2D eigenvalue weighted by atomic mass is 10.1. The largest absolute Gasteiger partial charge is 0.497 e. The molecule has 0 aliphatic rings. The van der Waals surface area contributed by atoms with Crippen molar-refractivity contribution >= 4 is 6.03 Å². The molecule has 1 N–H and O–H groups in total. The molecule has 3 rings (SSSR count). The normalized spacial score (nSPS) is 11.0. The van der Waals surface area contributed by atoms with E-state index in [-0.39, 0.29) is 30.2 Å². The molecule has 0 saturated heterocycles. The Bertz CT molecular complexity index is 1150. The van der Waals surface area contributed by atoms with E-state index < -0.39 is 11.6 Å². The van der Waals surface area contributed by atoms with Crippen molar-refractivity contribution in [3.63, 3.8) is 0 Å². The van der Waals surface area contributed by atoms with Crippen molar-refractivity contribution < 1.29 is 23.0 Å². The second-order valence-corrected chi connectivity index (χ2v) is 8.32. The van der Waals surface area contributed by atoms with Crippen LogP contribution >= 0.6 is 0 Å². The molecule has 2 amide bonds. The summed E-state index contributed by atoms with van der Waals surface area (Å²) in [6, 6.07) is 9.98. The fourth-order valence-electron chi connectivity index (χ4n) is 3.58. The van der Waals surface area contributed by atoms with Crippen LogP contribution in [0.4, 0.5) is 13.6 Å². The van der Waals surface area contributed by atoms with Crippen molar-refractivity contribution in [2.75, 3.05) is 13.7 Å². The van der Waals surface area contributed by atoms with Gasteiger partial charge in [-0.3, -0.25) is 0 Å². The zero-order chi connectivity index (χ0) is 25.5. The molecule has 0 radical (unpaired) electrons. The summed E-state index contributed by atoms with van der Waals surface area (Å²) in [6.45, 7) is 8.53. The van der Waals surface area contributed by atoms with Gasteiger partial charge in [0.05, 0.1) is 30.6 Å². The predicted molar refractivity (Wildman–Crippen MR) is 130 cm³/mol. The van der Waals surface area contributed by atoms with Crippen LogP contribution in [0.15, 0.2) is 42.5 Å². The Morgan fingerprint density at radius 1 is 1.14 bits per heavy atom. The number of benzene rings is 2. The molecular formula is C26H32F2N4O3. The van der Waals surface area contributed by atoms with E-state index in [2.05, 4.69) is 5.32 Å². The number of hydrogen-bond acceptors (Lipinski definition) is 4. The number of ether oxygens (including phenoxy) is 2. The van der Waals surface area contributed by atoms with Crippen molar-refractivity contribution in [3.8, 4) is 23.1 Å². The van der Waals surface area contributed by atoms with Crippen LogP contribution < -0.4 is 14.8 Å². The van der Waals surface area contributed by atoms with Crippen LogP contribution in [0.25, 0.3) is 5.69 Å². The number of carbonyl (C=O) groups is 1. The molecule has 0 unspecified atom stereocenters. The van der Waals surface area contributed by atoms with E-state index in [0.717, 1.165) is 18.6 Å². The number of rotatable bonds is 10. The highest BCUT2D eigenvalue weighted by Gasteiger charge is 2.26.